The molecule has 0 spiro atoms. The molecule has 2 aromatic carbocycles. The summed E-state index contributed by atoms with van der Waals surface area (Å²) < 4.78 is 0. The molecular formula is C18H20ClNO. The highest BCUT2D eigenvalue weighted by Crippen LogP contribution is 2.16. The standard InChI is InChI=1S/C18H20ClNO/c1-13-9-10-16(12-14(13)2)18(21)20-11-5-7-15-6-3-4-8-17(15)19/h3-4,6,8-10,12H,5,7,11H2,1-2H3,(H,20,21). The second-order valence-electron chi connectivity index (χ2n) is 5.25. The summed E-state index contributed by atoms with van der Waals surface area (Å²) in [6, 6.07) is 13.6. The highest BCUT2D eigenvalue weighted by atomic mass is 35.5. The zero-order valence-electron chi connectivity index (χ0n) is 12.4. The third-order valence-electron chi connectivity index (χ3n) is 3.64. The van der Waals surface area contributed by atoms with Crippen molar-refractivity contribution in [3.63, 3.8) is 0 Å². The maximum atomic E-state index is 12.0. The van der Waals surface area contributed by atoms with Crippen molar-refractivity contribution in [2.24, 2.45) is 0 Å². The van der Waals surface area contributed by atoms with Crippen LogP contribution in [0.1, 0.15) is 33.5 Å². The molecule has 3 heteroatoms. The van der Waals surface area contributed by atoms with Crippen molar-refractivity contribution >= 4 is 17.5 Å². The van der Waals surface area contributed by atoms with Gasteiger partial charge in [-0.2, -0.15) is 0 Å². The van der Waals surface area contributed by atoms with Crippen molar-refractivity contribution < 1.29 is 4.79 Å². The van der Waals surface area contributed by atoms with Crippen LogP contribution in [0.2, 0.25) is 5.02 Å². The van der Waals surface area contributed by atoms with Gasteiger partial charge < -0.3 is 5.32 Å². The molecule has 0 aliphatic heterocycles. The van der Waals surface area contributed by atoms with E-state index in [1.54, 1.807) is 0 Å². The lowest BCUT2D eigenvalue weighted by Crippen LogP contribution is -2.24. The lowest BCUT2D eigenvalue weighted by atomic mass is 10.1. The van der Waals surface area contributed by atoms with E-state index in [1.165, 1.54) is 5.56 Å². The number of hydrogen-bond donors (Lipinski definition) is 1. The Morgan fingerprint density at radius 3 is 2.57 bits per heavy atom. The fraction of sp³-hybridized carbons (Fsp3) is 0.278. The molecule has 2 rings (SSSR count). The van der Waals surface area contributed by atoms with Crippen LogP contribution in [0.3, 0.4) is 0 Å². The zero-order chi connectivity index (χ0) is 15.2. The first-order valence-corrected chi connectivity index (χ1v) is 7.54. The predicted octanol–water partition coefficient (Wildman–Crippen LogP) is 4.32. The van der Waals surface area contributed by atoms with Crippen LogP contribution in [-0.2, 0) is 6.42 Å². The van der Waals surface area contributed by atoms with Crippen LogP contribution in [0.15, 0.2) is 42.5 Å². The molecule has 2 nitrogen and oxygen atoms in total. The Kier molecular flexibility index (Phi) is 5.40. The van der Waals surface area contributed by atoms with Crippen LogP contribution in [0.5, 0.6) is 0 Å². The second-order valence-corrected chi connectivity index (χ2v) is 5.66. The van der Waals surface area contributed by atoms with Gasteiger partial charge in [-0.3, -0.25) is 4.79 Å². The van der Waals surface area contributed by atoms with Gasteiger partial charge in [-0.05, 0) is 61.6 Å². The van der Waals surface area contributed by atoms with E-state index in [0.29, 0.717) is 6.54 Å². The second kappa shape index (κ2) is 7.28. The van der Waals surface area contributed by atoms with E-state index in [9.17, 15) is 4.79 Å². The summed E-state index contributed by atoms with van der Waals surface area (Å²) >= 11 is 6.11. The number of hydrogen-bond acceptors (Lipinski definition) is 1. The first-order chi connectivity index (χ1) is 10.1. The van der Waals surface area contributed by atoms with E-state index >= 15 is 0 Å². The average Bonchev–Trinajstić information content (AvgIpc) is 2.48. The van der Waals surface area contributed by atoms with Gasteiger partial charge in [-0.25, -0.2) is 0 Å². The fourth-order valence-electron chi connectivity index (χ4n) is 2.17. The van der Waals surface area contributed by atoms with Crippen molar-refractivity contribution in [1.29, 1.82) is 0 Å². The Morgan fingerprint density at radius 1 is 1.10 bits per heavy atom. The molecule has 0 fully saturated rings. The molecule has 0 radical (unpaired) electrons. The van der Waals surface area contributed by atoms with Crippen LogP contribution < -0.4 is 5.32 Å². The highest BCUT2D eigenvalue weighted by Gasteiger charge is 2.06. The zero-order valence-corrected chi connectivity index (χ0v) is 13.2. The molecule has 110 valence electrons. The van der Waals surface area contributed by atoms with Crippen LogP contribution in [-0.4, -0.2) is 12.5 Å². The first kappa shape index (κ1) is 15.6. The summed E-state index contributed by atoms with van der Waals surface area (Å²) in [5.74, 6) is -0.0164. The summed E-state index contributed by atoms with van der Waals surface area (Å²) in [4.78, 5) is 12.0. The van der Waals surface area contributed by atoms with Gasteiger partial charge in [-0.15, -0.1) is 0 Å². The van der Waals surface area contributed by atoms with Gasteiger partial charge in [0.05, 0.1) is 0 Å². The van der Waals surface area contributed by atoms with Gasteiger partial charge in [-0.1, -0.05) is 35.9 Å². The Bertz CT molecular complexity index is 637. The maximum Gasteiger partial charge on any atom is 0.251 e. The third-order valence-corrected chi connectivity index (χ3v) is 4.00. The Morgan fingerprint density at radius 2 is 1.86 bits per heavy atom. The smallest absolute Gasteiger partial charge is 0.251 e. The Labute approximate surface area is 131 Å². The van der Waals surface area contributed by atoms with E-state index in [0.717, 1.165) is 34.6 Å². The maximum absolute atomic E-state index is 12.0. The van der Waals surface area contributed by atoms with E-state index in [-0.39, 0.29) is 5.91 Å². The minimum absolute atomic E-state index is 0.0164. The molecule has 0 aliphatic rings. The van der Waals surface area contributed by atoms with E-state index in [4.69, 9.17) is 11.6 Å². The van der Waals surface area contributed by atoms with Crippen LogP contribution >= 0.6 is 11.6 Å². The summed E-state index contributed by atoms with van der Waals surface area (Å²) in [5.41, 5.74) is 4.18. The molecule has 0 atom stereocenters. The average molecular weight is 302 g/mol. The van der Waals surface area contributed by atoms with Crippen molar-refractivity contribution in [2.45, 2.75) is 26.7 Å². The molecule has 0 saturated carbocycles. The normalized spacial score (nSPS) is 10.4. The number of aryl methyl sites for hydroxylation is 3. The molecule has 21 heavy (non-hydrogen) atoms. The SMILES string of the molecule is Cc1ccc(C(=O)NCCCc2ccccc2Cl)cc1C. The quantitative estimate of drug-likeness (QED) is 0.819. The molecule has 0 aliphatic carbocycles. The molecule has 2 aromatic rings. The topological polar surface area (TPSA) is 29.1 Å². The Hall–Kier alpha value is -1.80. The Balaban J connectivity index is 1.82. The van der Waals surface area contributed by atoms with E-state index in [2.05, 4.69) is 5.32 Å². The molecule has 1 N–H and O–H groups in total. The largest absolute Gasteiger partial charge is 0.352 e. The summed E-state index contributed by atoms with van der Waals surface area (Å²) in [6.45, 7) is 4.71. The minimum atomic E-state index is -0.0164. The summed E-state index contributed by atoms with van der Waals surface area (Å²) in [6.07, 6.45) is 1.74. The van der Waals surface area contributed by atoms with Crippen LogP contribution in [0.25, 0.3) is 0 Å². The molecule has 0 bridgehead atoms. The lowest BCUT2D eigenvalue weighted by molar-refractivity contribution is 0.0953. The predicted molar refractivity (Wildman–Crippen MR) is 88.0 cm³/mol. The molecule has 1 amide bonds. The number of amides is 1. The molecule has 0 unspecified atom stereocenters. The fourth-order valence-corrected chi connectivity index (χ4v) is 2.40. The number of nitrogens with one attached hydrogen (secondary N) is 1. The van der Waals surface area contributed by atoms with E-state index < -0.39 is 0 Å². The van der Waals surface area contributed by atoms with Gasteiger partial charge in [0.15, 0.2) is 0 Å². The van der Waals surface area contributed by atoms with Crippen molar-refractivity contribution in [2.75, 3.05) is 6.54 Å². The minimum Gasteiger partial charge on any atom is -0.352 e. The third kappa shape index (κ3) is 4.33. The highest BCUT2D eigenvalue weighted by molar-refractivity contribution is 6.31. The number of halogens is 1. The van der Waals surface area contributed by atoms with Crippen LogP contribution in [0, 0.1) is 13.8 Å². The molecular weight excluding hydrogens is 282 g/mol. The van der Waals surface area contributed by atoms with Crippen molar-refractivity contribution in [3.05, 3.63) is 69.7 Å². The monoisotopic (exact) mass is 301 g/mol. The summed E-state index contributed by atoms with van der Waals surface area (Å²) in [5, 5.41) is 3.74. The van der Waals surface area contributed by atoms with Gasteiger partial charge in [0.1, 0.15) is 0 Å². The van der Waals surface area contributed by atoms with Gasteiger partial charge in [0.2, 0.25) is 0 Å². The van der Waals surface area contributed by atoms with Crippen molar-refractivity contribution in [3.8, 4) is 0 Å². The number of benzene rings is 2. The van der Waals surface area contributed by atoms with Gasteiger partial charge in [0.25, 0.3) is 5.91 Å². The summed E-state index contributed by atoms with van der Waals surface area (Å²) in [7, 11) is 0. The van der Waals surface area contributed by atoms with Gasteiger partial charge >= 0.3 is 0 Å². The van der Waals surface area contributed by atoms with Crippen molar-refractivity contribution in [1.82, 2.24) is 5.32 Å². The first-order valence-electron chi connectivity index (χ1n) is 7.17. The van der Waals surface area contributed by atoms with Gasteiger partial charge in [0, 0.05) is 17.1 Å². The molecule has 0 heterocycles. The van der Waals surface area contributed by atoms with Crippen LogP contribution in [0.4, 0.5) is 0 Å². The lowest BCUT2D eigenvalue weighted by Gasteiger charge is -2.08. The van der Waals surface area contributed by atoms with E-state index in [1.807, 2.05) is 56.3 Å². The number of carbonyl (C=O) groups is 1. The molecule has 0 aromatic heterocycles. The number of rotatable bonds is 5. The number of carbonyl (C=O) groups excluding carboxylic acids is 1. The molecule has 0 saturated heterocycles.